The van der Waals surface area contributed by atoms with Crippen LogP contribution < -0.4 is 0 Å². The quantitative estimate of drug-likeness (QED) is 0.199. The molecule has 0 fully saturated rings. The molecule has 0 bridgehead atoms. The fourth-order valence-corrected chi connectivity index (χ4v) is 2.05. The van der Waals surface area contributed by atoms with E-state index in [0.29, 0.717) is 12.8 Å². The summed E-state index contributed by atoms with van der Waals surface area (Å²) >= 11 is 0. The van der Waals surface area contributed by atoms with Crippen LogP contribution in [-0.2, 0) is 23.8 Å². The van der Waals surface area contributed by atoms with Crippen LogP contribution in [0.3, 0.4) is 0 Å². The fourth-order valence-electron chi connectivity index (χ4n) is 2.05. The predicted molar refractivity (Wildman–Crippen MR) is 92.6 cm³/mol. The molecule has 2 unspecified atom stereocenters. The maximum absolute atomic E-state index is 11.2. The minimum atomic E-state index is -1.26. The Bertz CT molecular complexity index is 406. The summed E-state index contributed by atoms with van der Waals surface area (Å²) in [5.74, 6) is -1.03. The minimum Gasteiger partial charge on any atom is -0.460 e. The summed E-state index contributed by atoms with van der Waals surface area (Å²) in [6.45, 7) is 8.66. The van der Waals surface area contributed by atoms with Crippen molar-refractivity contribution in [3.05, 3.63) is 25.3 Å². The highest BCUT2D eigenvalue weighted by Gasteiger charge is 2.15. The lowest BCUT2D eigenvalue weighted by Crippen LogP contribution is -2.27. The summed E-state index contributed by atoms with van der Waals surface area (Å²) in [6.07, 6.45) is 4.58. The fraction of sp³-hybridized carbons (Fsp3) is 0.667. The normalized spacial score (nSPS) is 13.1. The highest BCUT2D eigenvalue weighted by atomic mass is 16.6. The van der Waals surface area contributed by atoms with E-state index in [0.717, 1.165) is 37.8 Å². The summed E-state index contributed by atoms with van der Waals surface area (Å²) in [7, 11) is 0. The average molecular weight is 358 g/mol. The van der Waals surface area contributed by atoms with Crippen molar-refractivity contribution in [3.63, 3.8) is 0 Å². The van der Waals surface area contributed by atoms with Gasteiger partial charge in [-0.2, -0.15) is 0 Å². The molecular formula is C18H30O7. The highest BCUT2D eigenvalue weighted by Crippen LogP contribution is 2.12. The number of esters is 2. The number of hydrogen-bond donors (Lipinski definition) is 2. The van der Waals surface area contributed by atoms with Crippen molar-refractivity contribution >= 4 is 11.9 Å². The third kappa shape index (κ3) is 14.4. The first-order valence-electron chi connectivity index (χ1n) is 8.49. The molecule has 0 amide bonds. The molecule has 0 saturated carbocycles. The molecule has 0 spiro atoms. The molecular weight excluding hydrogens is 328 g/mol. The van der Waals surface area contributed by atoms with Crippen LogP contribution in [0.1, 0.15) is 45.4 Å². The largest absolute Gasteiger partial charge is 0.460 e. The Kier molecular flexibility index (Phi) is 13.6. The van der Waals surface area contributed by atoms with Crippen molar-refractivity contribution in [1.82, 2.24) is 0 Å². The predicted octanol–water partition coefficient (Wildman–Crippen LogP) is 1.87. The molecule has 7 heteroatoms. The van der Waals surface area contributed by atoms with Crippen molar-refractivity contribution in [3.8, 4) is 0 Å². The van der Waals surface area contributed by atoms with Crippen molar-refractivity contribution in [2.45, 2.75) is 63.9 Å². The molecule has 25 heavy (non-hydrogen) atoms. The van der Waals surface area contributed by atoms with Gasteiger partial charge in [-0.1, -0.05) is 32.4 Å². The number of rotatable bonds is 15. The Morgan fingerprint density at radius 2 is 1.56 bits per heavy atom. The van der Waals surface area contributed by atoms with Crippen LogP contribution in [0.4, 0.5) is 0 Å². The molecule has 0 saturated heterocycles. The molecule has 2 N–H and O–H groups in total. The van der Waals surface area contributed by atoms with Crippen LogP contribution in [0, 0.1) is 0 Å². The number of hydrogen-bond acceptors (Lipinski definition) is 7. The molecule has 7 nitrogen and oxygen atoms in total. The van der Waals surface area contributed by atoms with Gasteiger partial charge in [0.2, 0.25) is 0 Å². The third-order valence-electron chi connectivity index (χ3n) is 3.37. The summed E-state index contributed by atoms with van der Waals surface area (Å²) in [4.78, 5) is 22.3. The second-order valence-corrected chi connectivity index (χ2v) is 5.71. The maximum atomic E-state index is 11.2. The van der Waals surface area contributed by atoms with Crippen molar-refractivity contribution in [2.75, 3.05) is 13.2 Å². The van der Waals surface area contributed by atoms with Gasteiger partial charge in [0.15, 0.2) is 6.29 Å². The Balaban J connectivity index is 4.17. The second kappa shape index (κ2) is 14.6. The zero-order chi connectivity index (χ0) is 19.1. The van der Waals surface area contributed by atoms with E-state index in [1.807, 2.05) is 0 Å². The van der Waals surface area contributed by atoms with E-state index < -0.39 is 24.3 Å². The van der Waals surface area contributed by atoms with Crippen LogP contribution >= 0.6 is 0 Å². The van der Waals surface area contributed by atoms with Gasteiger partial charge in [0.1, 0.15) is 12.7 Å². The van der Waals surface area contributed by atoms with Crippen LogP contribution in [0.2, 0.25) is 0 Å². The smallest absolute Gasteiger partial charge is 0.330 e. The van der Waals surface area contributed by atoms with Gasteiger partial charge in [-0.25, -0.2) is 9.59 Å². The summed E-state index contributed by atoms with van der Waals surface area (Å²) in [5, 5.41) is 17.6. The SMILES string of the molecule is C=CC(=O)OCC(CCCCCCC(O)O)OCC(C)OC(=O)C=C. The lowest BCUT2D eigenvalue weighted by Gasteiger charge is -2.20. The van der Waals surface area contributed by atoms with Gasteiger partial charge >= 0.3 is 11.9 Å². The number of ether oxygens (including phenoxy) is 3. The lowest BCUT2D eigenvalue weighted by molar-refractivity contribution is -0.149. The van der Waals surface area contributed by atoms with Gasteiger partial charge in [0.05, 0.1) is 12.7 Å². The van der Waals surface area contributed by atoms with Crippen molar-refractivity contribution in [2.24, 2.45) is 0 Å². The van der Waals surface area contributed by atoms with Gasteiger partial charge in [0.25, 0.3) is 0 Å². The Morgan fingerprint density at radius 3 is 2.12 bits per heavy atom. The Hall–Kier alpha value is -1.70. The van der Waals surface area contributed by atoms with Crippen LogP contribution in [0.5, 0.6) is 0 Å². The second-order valence-electron chi connectivity index (χ2n) is 5.71. The zero-order valence-electron chi connectivity index (χ0n) is 14.9. The van der Waals surface area contributed by atoms with Crippen molar-refractivity contribution < 1.29 is 34.0 Å². The van der Waals surface area contributed by atoms with E-state index in [1.54, 1.807) is 6.92 Å². The zero-order valence-corrected chi connectivity index (χ0v) is 14.9. The number of carbonyl (C=O) groups is 2. The molecule has 144 valence electrons. The van der Waals surface area contributed by atoms with E-state index in [9.17, 15) is 9.59 Å². The van der Waals surface area contributed by atoms with E-state index in [-0.39, 0.29) is 19.3 Å². The first-order valence-corrected chi connectivity index (χ1v) is 8.49. The number of aliphatic hydroxyl groups excluding tert-OH is 1. The number of carbonyl (C=O) groups excluding carboxylic acids is 2. The maximum Gasteiger partial charge on any atom is 0.330 e. The average Bonchev–Trinajstić information content (AvgIpc) is 2.58. The first-order chi connectivity index (χ1) is 11.9. The Morgan fingerprint density at radius 1 is 0.960 bits per heavy atom. The van der Waals surface area contributed by atoms with Crippen molar-refractivity contribution in [1.29, 1.82) is 0 Å². The summed E-state index contributed by atoms with van der Waals surface area (Å²) in [6, 6.07) is 0. The molecule has 0 aromatic heterocycles. The minimum absolute atomic E-state index is 0.0995. The topological polar surface area (TPSA) is 102 Å². The van der Waals surface area contributed by atoms with Gasteiger partial charge < -0.3 is 24.4 Å². The molecule has 0 aliphatic rings. The standard InChI is InChI=1S/C18H30O7/c1-4-17(21)24-13-15(10-8-6-7-9-11-16(19)20)23-12-14(3)25-18(22)5-2/h4-5,14-16,19-20H,1-2,6-13H2,3H3. The van der Waals surface area contributed by atoms with Gasteiger partial charge in [-0.15, -0.1) is 0 Å². The molecule has 0 radical (unpaired) electrons. The highest BCUT2D eigenvalue weighted by molar-refractivity contribution is 5.81. The molecule has 0 aliphatic heterocycles. The molecule has 0 rings (SSSR count). The van der Waals surface area contributed by atoms with E-state index >= 15 is 0 Å². The van der Waals surface area contributed by atoms with Gasteiger partial charge in [-0.05, 0) is 26.2 Å². The molecule has 0 aliphatic carbocycles. The molecule has 2 atom stereocenters. The van der Waals surface area contributed by atoms with Gasteiger partial charge in [0, 0.05) is 12.2 Å². The van der Waals surface area contributed by atoms with E-state index in [1.165, 1.54) is 0 Å². The number of aliphatic hydroxyl groups is 2. The van der Waals surface area contributed by atoms with E-state index in [2.05, 4.69) is 13.2 Å². The number of unbranched alkanes of at least 4 members (excludes halogenated alkanes) is 3. The van der Waals surface area contributed by atoms with Gasteiger partial charge in [-0.3, -0.25) is 0 Å². The monoisotopic (exact) mass is 358 g/mol. The van der Waals surface area contributed by atoms with Crippen LogP contribution in [-0.4, -0.2) is 53.9 Å². The van der Waals surface area contributed by atoms with Crippen LogP contribution in [0.25, 0.3) is 0 Å². The van der Waals surface area contributed by atoms with E-state index in [4.69, 9.17) is 24.4 Å². The Labute approximate surface area is 149 Å². The lowest BCUT2D eigenvalue weighted by atomic mass is 10.1. The summed E-state index contributed by atoms with van der Waals surface area (Å²) in [5.41, 5.74) is 0. The van der Waals surface area contributed by atoms with Crippen LogP contribution in [0.15, 0.2) is 25.3 Å². The first kappa shape index (κ1) is 23.3. The molecule has 0 aromatic carbocycles. The molecule has 0 heterocycles. The summed E-state index contributed by atoms with van der Waals surface area (Å²) < 4.78 is 15.7. The third-order valence-corrected chi connectivity index (χ3v) is 3.37. The molecule has 0 aromatic rings.